The average Bonchev–Trinajstić information content (AvgIpc) is 3.35. The maximum Gasteiger partial charge on any atom is 0.164 e. The smallest absolute Gasteiger partial charge is 0.164 e. The summed E-state index contributed by atoms with van der Waals surface area (Å²) in [5.74, 6) is 1.15. The van der Waals surface area contributed by atoms with Crippen molar-refractivity contribution in [3.63, 3.8) is 0 Å². The predicted molar refractivity (Wildman–Crippen MR) is 112 cm³/mol. The van der Waals surface area contributed by atoms with Crippen molar-refractivity contribution in [3.05, 3.63) is 46.9 Å². The molecule has 3 heterocycles. The Morgan fingerprint density at radius 1 is 1.17 bits per heavy atom. The van der Waals surface area contributed by atoms with E-state index in [0.717, 1.165) is 6.42 Å². The Labute approximate surface area is 180 Å². The zero-order valence-corrected chi connectivity index (χ0v) is 17.7. The summed E-state index contributed by atoms with van der Waals surface area (Å²) in [6, 6.07) is 8.36. The van der Waals surface area contributed by atoms with E-state index in [1.807, 2.05) is 0 Å². The van der Waals surface area contributed by atoms with Crippen molar-refractivity contribution >= 4 is 38.3 Å². The van der Waals surface area contributed by atoms with Crippen LogP contribution in [0.2, 0.25) is 0 Å². The molecule has 1 aromatic heterocycles. The predicted octanol–water partition coefficient (Wildman–Crippen LogP) is 4.22. The average molecular weight is 476 g/mol. The SMILES string of the molecule is COc1cc2c(Nc3ccc(Br)cc3F)ncnc2cc1O[C@@H]1COC2CCOC21. The number of anilines is 2. The van der Waals surface area contributed by atoms with E-state index in [0.29, 0.717) is 51.6 Å². The van der Waals surface area contributed by atoms with E-state index in [1.165, 1.54) is 12.4 Å². The van der Waals surface area contributed by atoms with Crippen LogP contribution >= 0.6 is 15.9 Å². The number of ether oxygens (including phenoxy) is 4. The summed E-state index contributed by atoms with van der Waals surface area (Å²) in [5, 5.41) is 3.72. The second-order valence-corrected chi connectivity index (χ2v) is 8.06. The van der Waals surface area contributed by atoms with E-state index in [2.05, 4.69) is 31.2 Å². The molecule has 0 amide bonds. The molecule has 0 saturated carbocycles. The van der Waals surface area contributed by atoms with E-state index in [9.17, 15) is 4.39 Å². The first-order chi connectivity index (χ1) is 14.6. The molecule has 2 saturated heterocycles. The van der Waals surface area contributed by atoms with Crippen molar-refractivity contribution in [1.82, 2.24) is 9.97 Å². The fourth-order valence-electron chi connectivity index (χ4n) is 3.83. The van der Waals surface area contributed by atoms with Crippen LogP contribution in [0.3, 0.4) is 0 Å². The first-order valence-electron chi connectivity index (χ1n) is 9.57. The molecular formula is C21H19BrFN3O4. The molecule has 2 aromatic carbocycles. The summed E-state index contributed by atoms with van der Waals surface area (Å²) in [6.45, 7) is 1.15. The third-order valence-corrected chi connectivity index (χ3v) is 5.80. The molecule has 3 aromatic rings. The minimum Gasteiger partial charge on any atom is -0.493 e. The number of halogens is 2. The van der Waals surface area contributed by atoms with Crippen LogP contribution < -0.4 is 14.8 Å². The summed E-state index contributed by atoms with van der Waals surface area (Å²) < 4.78 is 38.2. The van der Waals surface area contributed by atoms with E-state index >= 15 is 0 Å². The Balaban J connectivity index is 1.48. The molecule has 2 aliphatic heterocycles. The van der Waals surface area contributed by atoms with Crippen LogP contribution in [0.15, 0.2) is 41.1 Å². The van der Waals surface area contributed by atoms with Gasteiger partial charge in [0, 0.05) is 22.5 Å². The molecule has 1 N–H and O–H groups in total. The zero-order chi connectivity index (χ0) is 20.7. The third-order valence-electron chi connectivity index (χ3n) is 5.30. The van der Waals surface area contributed by atoms with Crippen LogP contribution in [-0.4, -0.2) is 48.6 Å². The number of aromatic nitrogens is 2. The fourth-order valence-corrected chi connectivity index (χ4v) is 4.16. The molecule has 9 heteroatoms. The number of fused-ring (bicyclic) bond motifs is 2. The minimum absolute atomic E-state index is 0.0755. The highest BCUT2D eigenvalue weighted by molar-refractivity contribution is 9.10. The van der Waals surface area contributed by atoms with E-state index in [-0.39, 0.29) is 18.3 Å². The Morgan fingerprint density at radius 3 is 2.90 bits per heavy atom. The van der Waals surface area contributed by atoms with E-state index < -0.39 is 5.82 Å². The van der Waals surface area contributed by atoms with Crippen LogP contribution in [0.5, 0.6) is 11.5 Å². The number of methoxy groups -OCH3 is 1. The van der Waals surface area contributed by atoms with Gasteiger partial charge in [-0.1, -0.05) is 15.9 Å². The van der Waals surface area contributed by atoms with Gasteiger partial charge in [-0.15, -0.1) is 0 Å². The van der Waals surface area contributed by atoms with Crippen LogP contribution in [0, 0.1) is 5.82 Å². The van der Waals surface area contributed by atoms with Crippen molar-refractivity contribution in [2.24, 2.45) is 0 Å². The number of nitrogens with zero attached hydrogens (tertiary/aromatic N) is 2. The lowest BCUT2D eigenvalue weighted by atomic mass is 10.1. The van der Waals surface area contributed by atoms with Crippen LogP contribution in [0.25, 0.3) is 10.9 Å². The molecule has 2 aliphatic rings. The highest BCUT2D eigenvalue weighted by atomic mass is 79.9. The van der Waals surface area contributed by atoms with E-state index in [4.69, 9.17) is 18.9 Å². The Kier molecular flexibility index (Phi) is 5.18. The van der Waals surface area contributed by atoms with Gasteiger partial charge in [-0.05, 0) is 30.7 Å². The molecule has 30 heavy (non-hydrogen) atoms. The van der Waals surface area contributed by atoms with Gasteiger partial charge >= 0.3 is 0 Å². The molecule has 0 spiro atoms. The Hall–Kier alpha value is -2.49. The lowest BCUT2D eigenvalue weighted by Crippen LogP contribution is -2.32. The van der Waals surface area contributed by atoms with Gasteiger partial charge in [-0.2, -0.15) is 0 Å². The lowest BCUT2D eigenvalue weighted by Gasteiger charge is -2.20. The second-order valence-electron chi connectivity index (χ2n) is 7.14. The second kappa shape index (κ2) is 7.98. The van der Waals surface area contributed by atoms with Gasteiger partial charge < -0.3 is 24.3 Å². The Morgan fingerprint density at radius 2 is 2.07 bits per heavy atom. The van der Waals surface area contributed by atoms with Crippen LogP contribution in [0.4, 0.5) is 15.9 Å². The van der Waals surface area contributed by atoms with Crippen molar-refractivity contribution in [2.45, 2.75) is 24.7 Å². The van der Waals surface area contributed by atoms with Gasteiger partial charge in [-0.25, -0.2) is 14.4 Å². The normalized spacial score (nSPS) is 22.8. The zero-order valence-electron chi connectivity index (χ0n) is 16.1. The van der Waals surface area contributed by atoms with Crippen LogP contribution in [-0.2, 0) is 9.47 Å². The number of hydrogen-bond donors (Lipinski definition) is 1. The molecule has 0 radical (unpaired) electrons. The van der Waals surface area contributed by atoms with Gasteiger partial charge in [0.2, 0.25) is 0 Å². The highest BCUT2D eigenvalue weighted by Gasteiger charge is 2.43. The number of rotatable bonds is 5. The topological polar surface area (TPSA) is 74.7 Å². The summed E-state index contributed by atoms with van der Waals surface area (Å²) in [7, 11) is 1.57. The molecule has 2 fully saturated rings. The molecule has 2 unspecified atom stereocenters. The summed E-state index contributed by atoms with van der Waals surface area (Å²) in [6.07, 6.45) is 2.11. The molecule has 156 valence electrons. The molecule has 0 bridgehead atoms. The van der Waals surface area contributed by atoms with Crippen molar-refractivity contribution in [3.8, 4) is 11.5 Å². The first-order valence-corrected chi connectivity index (χ1v) is 10.4. The molecular weight excluding hydrogens is 457 g/mol. The van der Waals surface area contributed by atoms with Gasteiger partial charge in [0.25, 0.3) is 0 Å². The number of benzene rings is 2. The standard InChI is InChI=1S/C21H19BrFN3O4/c1-27-17-7-12-15(8-18(17)30-19-9-29-16-4-5-28-20(16)19)24-10-25-21(12)26-14-3-2-11(22)6-13(14)23/h2-3,6-8,10,16,19-20H,4-5,9H2,1H3,(H,24,25,26)/t16?,19-,20?/m1/s1. The maximum atomic E-state index is 14.3. The summed E-state index contributed by atoms with van der Waals surface area (Å²) in [4.78, 5) is 8.63. The highest BCUT2D eigenvalue weighted by Crippen LogP contribution is 2.38. The lowest BCUT2D eigenvalue weighted by molar-refractivity contribution is 0.0298. The van der Waals surface area contributed by atoms with Crippen molar-refractivity contribution in [1.29, 1.82) is 0 Å². The largest absolute Gasteiger partial charge is 0.493 e. The quantitative estimate of drug-likeness (QED) is 0.591. The molecule has 3 atom stereocenters. The molecule has 0 aliphatic carbocycles. The summed E-state index contributed by atoms with van der Waals surface area (Å²) in [5.41, 5.74) is 0.952. The maximum absolute atomic E-state index is 14.3. The van der Waals surface area contributed by atoms with Crippen molar-refractivity contribution < 1.29 is 23.3 Å². The number of hydrogen-bond acceptors (Lipinski definition) is 7. The van der Waals surface area contributed by atoms with E-state index in [1.54, 1.807) is 31.4 Å². The summed E-state index contributed by atoms with van der Waals surface area (Å²) >= 11 is 3.26. The molecule has 7 nitrogen and oxygen atoms in total. The monoisotopic (exact) mass is 475 g/mol. The number of nitrogens with one attached hydrogen (secondary N) is 1. The first kappa shape index (κ1) is 19.5. The van der Waals surface area contributed by atoms with Gasteiger partial charge in [-0.3, -0.25) is 0 Å². The third kappa shape index (κ3) is 3.57. The fraction of sp³-hybridized carbons (Fsp3) is 0.333. The van der Waals surface area contributed by atoms with Gasteiger partial charge in [0.05, 0.1) is 31.0 Å². The van der Waals surface area contributed by atoms with Crippen LogP contribution in [0.1, 0.15) is 6.42 Å². The van der Waals surface area contributed by atoms with Crippen molar-refractivity contribution in [2.75, 3.05) is 25.6 Å². The Bertz CT molecular complexity index is 1100. The molecule has 5 rings (SSSR count). The minimum atomic E-state index is -0.393. The van der Waals surface area contributed by atoms with Gasteiger partial charge in [0.1, 0.15) is 24.1 Å². The van der Waals surface area contributed by atoms with Gasteiger partial charge in [0.15, 0.2) is 17.6 Å².